The molecule has 3 aromatic rings. The lowest BCUT2D eigenvalue weighted by Gasteiger charge is -2.27. The Labute approximate surface area is 141 Å². The fourth-order valence-corrected chi connectivity index (χ4v) is 3.28. The second kappa shape index (κ2) is 6.63. The molecular formula is C19H22N4O. The van der Waals surface area contributed by atoms with Crippen LogP contribution < -0.4 is 10.1 Å². The number of imidazole rings is 1. The lowest BCUT2D eigenvalue weighted by atomic mass is 10.1. The fourth-order valence-electron chi connectivity index (χ4n) is 3.28. The Morgan fingerprint density at radius 3 is 2.83 bits per heavy atom. The molecule has 1 saturated heterocycles. The van der Waals surface area contributed by atoms with Crippen LogP contribution in [-0.2, 0) is 6.54 Å². The summed E-state index contributed by atoms with van der Waals surface area (Å²) in [5.74, 6) is 0.859. The number of fused-ring (bicyclic) bond motifs is 1. The molecule has 0 radical (unpaired) electrons. The van der Waals surface area contributed by atoms with E-state index in [2.05, 4.69) is 45.1 Å². The molecule has 24 heavy (non-hydrogen) atoms. The van der Waals surface area contributed by atoms with Crippen LogP contribution in [0.25, 0.3) is 16.9 Å². The van der Waals surface area contributed by atoms with Crippen molar-refractivity contribution in [1.82, 2.24) is 19.6 Å². The number of hydrogen-bond acceptors (Lipinski definition) is 4. The average Bonchev–Trinajstić information content (AvgIpc) is 3.01. The summed E-state index contributed by atoms with van der Waals surface area (Å²) < 4.78 is 7.59. The van der Waals surface area contributed by atoms with Crippen LogP contribution in [0.1, 0.15) is 5.69 Å². The van der Waals surface area contributed by atoms with Gasteiger partial charge in [0.1, 0.15) is 11.4 Å². The van der Waals surface area contributed by atoms with E-state index < -0.39 is 0 Å². The zero-order chi connectivity index (χ0) is 16.4. The lowest BCUT2D eigenvalue weighted by molar-refractivity contribution is 0.230. The Kier molecular flexibility index (Phi) is 4.19. The Balaban J connectivity index is 1.79. The van der Waals surface area contributed by atoms with Crippen molar-refractivity contribution >= 4 is 5.65 Å². The van der Waals surface area contributed by atoms with Crippen LogP contribution in [0, 0.1) is 0 Å². The molecule has 1 aliphatic rings. The van der Waals surface area contributed by atoms with E-state index in [0.717, 1.165) is 55.4 Å². The van der Waals surface area contributed by atoms with E-state index in [1.54, 1.807) is 7.11 Å². The average molecular weight is 322 g/mol. The molecule has 1 N–H and O–H groups in total. The van der Waals surface area contributed by atoms with Gasteiger partial charge >= 0.3 is 0 Å². The molecule has 5 nitrogen and oxygen atoms in total. The maximum absolute atomic E-state index is 5.39. The number of ether oxygens (including phenoxy) is 1. The Hall–Kier alpha value is -2.37. The van der Waals surface area contributed by atoms with Crippen molar-refractivity contribution in [3.63, 3.8) is 0 Å². The first kappa shape index (κ1) is 15.2. The molecule has 2 aromatic heterocycles. The minimum absolute atomic E-state index is 0.859. The van der Waals surface area contributed by atoms with Crippen molar-refractivity contribution in [1.29, 1.82) is 0 Å². The molecule has 1 aliphatic heterocycles. The van der Waals surface area contributed by atoms with Crippen molar-refractivity contribution in [2.45, 2.75) is 6.54 Å². The molecule has 0 amide bonds. The zero-order valence-corrected chi connectivity index (χ0v) is 13.9. The maximum atomic E-state index is 5.39. The molecule has 0 aliphatic carbocycles. The van der Waals surface area contributed by atoms with Crippen LogP contribution in [0.2, 0.25) is 0 Å². The van der Waals surface area contributed by atoms with Crippen molar-refractivity contribution in [3.8, 4) is 17.0 Å². The van der Waals surface area contributed by atoms with Crippen molar-refractivity contribution in [3.05, 3.63) is 54.4 Å². The first-order valence-electron chi connectivity index (χ1n) is 8.38. The minimum atomic E-state index is 0.859. The van der Waals surface area contributed by atoms with Crippen LogP contribution in [0.3, 0.4) is 0 Å². The monoisotopic (exact) mass is 322 g/mol. The molecule has 124 valence electrons. The molecule has 0 spiro atoms. The van der Waals surface area contributed by atoms with Gasteiger partial charge in [0.05, 0.1) is 18.5 Å². The molecule has 1 aromatic carbocycles. The number of nitrogens with one attached hydrogen (secondary N) is 1. The Morgan fingerprint density at radius 2 is 2.00 bits per heavy atom. The summed E-state index contributed by atoms with van der Waals surface area (Å²) in [7, 11) is 1.70. The van der Waals surface area contributed by atoms with Gasteiger partial charge in [0.2, 0.25) is 0 Å². The third-order valence-electron chi connectivity index (χ3n) is 4.56. The predicted molar refractivity (Wildman–Crippen MR) is 95.3 cm³/mol. The first-order chi connectivity index (χ1) is 11.8. The van der Waals surface area contributed by atoms with Gasteiger partial charge in [-0.25, -0.2) is 4.98 Å². The summed E-state index contributed by atoms with van der Waals surface area (Å²) in [4.78, 5) is 7.37. The standard InChI is InChI=1S/C19H22N4O/c1-24-16-6-4-5-15(13-16)19-17(14-22-11-8-20-9-12-22)23-10-3-2-7-18(23)21-19/h2-7,10,13,20H,8-9,11-12,14H2,1H3. The van der Waals surface area contributed by atoms with Crippen LogP contribution in [-0.4, -0.2) is 47.6 Å². The number of piperazine rings is 1. The SMILES string of the molecule is COc1cccc(-c2nc3ccccn3c2CN2CCNCC2)c1. The van der Waals surface area contributed by atoms with Crippen molar-refractivity contribution in [2.24, 2.45) is 0 Å². The molecule has 0 saturated carbocycles. The second-order valence-electron chi connectivity index (χ2n) is 6.09. The van der Waals surface area contributed by atoms with Crippen LogP contribution >= 0.6 is 0 Å². The van der Waals surface area contributed by atoms with Gasteiger partial charge in [0, 0.05) is 44.5 Å². The van der Waals surface area contributed by atoms with Crippen LogP contribution in [0.4, 0.5) is 0 Å². The number of benzene rings is 1. The fraction of sp³-hybridized carbons (Fsp3) is 0.316. The van der Waals surface area contributed by atoms with Gasteiger partial charge < -0.3 is 14.5 Å². The zero-order valence-electron chi connectivity index (χ0n) is 13.9. The molecule has 3 heterocycles. The van der Waals surface area contributed by atoms with E-state index in [1.807, 2.05) is 18.2 Å². The molecule has 0 atom stereocenters. The summed E-state index contributed by atoms with van der Waals surface area (Å²) in [6.45, 7) is 5.13. The summed E-state index contributed by atoms with van der Waals surface area (Å²) in [6, 6.07) is 14.3. The summed E-state index contributed by atoms with van der Waals surface area (Å²) in [6.07, 6.45) is 2.10. The van der Waals surface area contributed by atoms with E-state index in [-0.39, 0.29) is 0 Å². The number of hydrogen-bond donors (Lipinski definition) is 1. The highest BCUT2D eigenvalue weighted by atomic mass is 16.5. The van der Waals surface area contributed by atoms with Crippen molar-refractivity contribution < 1.29 is 4.74 Å². The minimum Gasteiger partial charge on any atom is -0.497 e. The third-order valence-corrected chi connectivity index (χ3v) is 4.56. The highest BCUT2D eigenvalue weighted by Crippen LogP contribution is 2.28. The normalized spacial score (nSPS) is 15.7. The highest BCUT2D eigenvalue weighted by Gasteiger charge is 2.18. The van der Waals surface area contributed by atoms with E-state index in [9.17, 15) is 0 Å². The van der Waals surface area contributed by atoms with Gasteiger partial charge in [-0.3, -0.25) is 4.90 Å². The Morgan fingerprint density at radius 1 is 1.12 bits per heavy atom. The quantitative estimate of drug-likeness (QED) is 0.801. The van der Waals surface area contributed by atoms with Gasteiger partial charge in [-0.2, -0.15) is 0 Å². The third kappa shape index (κ3) is 2.88. The summed E-state index contributed by atoms with van der Waals surface area (Å²) in [5.41, 5.74) is 4.36. The first-order valence-corrected chi connectivity index (χ1v) is 8.38. The van der Waals surface area contributed by atoms with Gasteiger partial charge in [0.15, 0.2) is 0 Å². The molecule has 0 unspecified atom stereocenters. The number of nitrogens with zero attached hydrogens (tertiary/aromatic N) is 3. The van der Waals surface area contributed by atoms with E-state index in [4.69, 9.17) is 9.72 Å². The van der Waals surface area contributed by atoms with Gasteiger partial charge in [-0.15, -0.1) is 0 Å². The highest BCUT2D eigenvalue weighted by molar-refractivity contribution is 5.68. The molecule has 0 bridgehead atoms. The van der Waals surface area contributed by atoms with Gasteiger partial charge in [-0.1, -0.05) is 18.2 Å². The predicted octanol–water partition coefficient (Wildman–Crippen LogP) is 2.42. The second-order valence-corrected chi connectivity index (χ2v) is 6.09. The number of rotatable bonds is 4. The molecular weight excluding hydrogens is 300 g/mol. The number of pyridine rings is 1. The molecule has 4 rings (SSSR count). The molecule has 1 fully saturated rings. The topological polar surface area (TPSA) is 41.8 Å². The summed E-state index contributed by atoms with van der Waals surface area (Å²) >= 11 is 0. The number of methoxy groups -OCH3 is 1. The van der Waals surface area contributed by atoms with Crippen molar-refractivity contribution in [2.75, 3.05) is 33.3 Å². The van der Waals surface area contributed by atoms with Gasteiger partial charge in [0.25, 0.3) is 0 Å². The largest absolute Gasteiger partial charge is 0.497 e. The summed E-state index contributed by atoms with van der Waals surface area (Å²) in [5, 5.41) is 3.41. The van der Waals surface area contributed by atoms with Gasteiger partial charge in [-0.05, 0) is 24.3 Å². The maximum Gasteiger partial charge on any atom is 0.137 e. The van der Waals surface area contributed by atoms with Crippen LogP contribution in [0.15, 0.2) is 48.7 Å². The van der Waals surface area contributed by atoms with E-state index in [1.165, 1.54) is 5.69 Å². The smallest absolute Gasteiger partial charge is 0.137 e. The van der Waals surface area contributed by atoms with Crippen LogP contribution in [0.5, 0.6) is 5.75 Å². The number of aromatic nitrogens is 2. The lowest BCUT2D eigenvalue weighted by Crippen LogP contribution is -2.43. The van der Waals surface area contributed by atoms with E-state index >= 15 is 0 Å². The Bertz CT molecular complexity index is 836. The molecule has 5 heteroatoms. The van der Waals surface area contributed by atoms with E-state index in [0.29, 0.717) is 0 Å².